The molecule has 0 radical (unpaired) electrons. The Morgan fingerprint density at radius 1 is 1.50 bits per heavy atom. The second kappa shape index (κ2) is 7.66. The largest absolute Gasteiger partial charge is 0.480 e. The van der Waals surface area contributed by atoms with E-state index in [2.05, 4.69) is 10.3 Å². The molecule has 0 aliphatic heterocycles. The number of amides is 1. The summed E-state index contributed by atoms with van der Waals surface area (Å²) in [4.78, 5) is 28.2. The van der Waals surface area contributed by atoms with Crippen LogP contribution in [-0.2, 0) is 9.59 Å². The van der Waals surface area contributed by atoms with Crippen molar-refractivity contribution in [3.63, 3.8) is 0 Å². The van der Waals surface area contributed by atoms with Gasteiger partial charge in [-0.3, -0.25) is 4.79 Å². The molecule has 0 bridgehead atoms. The molecular weight excluding hydrogens is 286 g/mol. The molecular formula is C12H16ClN3O4. The molecule has 3 N–H and O–H groups in total. The summed E-state index contributed by atoms with van der Waals surface area (Å²) in [7, 11) is 1.65. The number of pyridine rings is 1. The van der Waals surface area contributed by atoms with Crippen molar-refractivity contribution in [1.29, 1.82) is 0 Å². The normalized spacial score (nSPS) is 11.8. The predicted molar refractivity (Wildman–Crippen MR) is 73.8 cm³/mol. The topological polar surface area (TPSA) is 103 Å². The lowest BCUT2D eigenvalue weighted by atomic mass is 10.2. The van der Waals surface area contributed by atoms with Crippen LogP contribution in [0, 0.1) is 0 Å². The molecule has 1 rings (SSSR count). The number of anilines is 1. The van der Waals surface area contributed by atoms with E-state index in [0.29, 0.717) is 10.8 Å². The SMILES string of the molecule is CN(CC(=O)N[C@H](CCO)C(=O)O)c1ccc(Cl)cn1. The predicted octanol–water partition coefficient (Wildman–Crippen LogP) is 0.123. The summed E-state index contributed by atoms with van der Waals surface area (Å²) in [5, 5.41) is 20.4. The van der Waals surface area contributed by atoms with Gasteiger partial charge in [0.25, 0.3) is 0 Å². The molecule has 0 saturated heterocycles. The Balaban J connectivity index is 2.56. The fourth-order valence-corrected chi connectivity index (χ4v) is 1.63. The Kier molecular flexibility index (Phi) is 6.20. The quantitative estimate of drug-likeness (QED) is 0.661. The molecule has 110 valence electrons. The average Bonchev–Trinajstić information content (AvgIpc) is 2.38. The van der Waals surface area contributed by atoms with Gasteiger partial charge in [0.15, 0.2) is 0 Å². The fraction of sp³-hybridized carbons (Fsp3) is 0.417. The average molecular weight is 302 g/mol. The second-order valence-electron chi connectivity index (χ2n) is 4.16. The Morgan fingerprint density at radius 3 is 2.70 bits per heavy atom. The molecule has 1 heterocycles. The number of halogens is 1. The lowest BCUT2D eigenvalue weighted by molar-refractivity contribution is -0.142. The van der Waals surface area contributed by atoms with E-state index < -0.39 is 17.9 Å². The van der Waals surface area contributed by atoms with Crippen LogP contribution < -0.4 is 10.2 Å². The Bertz CT molecular complexity index is 466. The number of carbonyl (C=O) groups is 2. The van der Waals surface area contributed by atoms with Crippen molar-refractivity contribution in [3.8, 4) is 0 Å². The van der Waals surface area contributed by atoms with Gasteiger partial charge < -0.3 is 20.4 Å². The zero-order chi connectivity index (χ0) is 15.1. The van der Waals surface area contributed by atoms with Crippen LogP contribution in [0.2, 0.25) is 5.02 Å². The van der Waals surface area contributed by atoms with Gasteiger partial charge in [-0.05, 0) is 12.1 Å². The molecule has 0 saturated carbocycles. The van der Waals surface area contributed by atoms with Crippen LogP contribution in [0.15, 0.2) is 18.3 Å². The second-order valence-corrected chi connectivity index (χ2v) is 4.60. The maximum atomic E-state index is 11.7. The number of aliphatic carboxylic acids is 1. The van der Waals surface area contributed by atoms with E-state index in [1.54, 1.807) is 24.1 Å². The number of rotatable bonds is 7. The standard InChI is InChI=1S/C12H16ClN3O4/c1-16(10-3-2-8(13)6-14-10)7-11(18)15-9(4-5-17)12(19)20/h2-3,6,9,17H,4-5,7H2,1H3,(H,15,18)(H,19,20)/t9-/m1/s1. The van der Waals surface area contributed by atoms with E-state index in [0.717, 1.165) is 0 Å². The van der Waals surface area contributed by atoms with Crippen molar-refractivity contribution in [2.45, 2.75) is 12.5 Å². The first-order valence-corrected chi connectivity index (χ1v) is 6.27. The smallest absolute Gasteiger partial charge is 0.326 e. The number of aliphatic hydroxyl groups excluding tert-OH is 1. The highest BCUT2D eigenvalue weighted by Crippen LogP contribution is 2.12. The number of carboxylic acids is 1. The first kappa shape index (κ1) is 16.2. The van der Waals surface area contributed by atoms with Crippen LogP contribution >= 0.6 is 11.6 Å². The molecule has 7 nitrogen and oxygen atoms in total. The number of aliphatic hydroxyl groups is 1. The summed E-state index contributed by atoms with van der Waals surface area (Å²) >= 11 is 5.71. The van der Waals surface area contributed by atoms with Crippen LogP contribution in [-0.4, -0.2) is 53.3 Å². The molecule has 1 atom stereocenters. The van der Waals surface area contributed by atoms with Crippen molar-refractivity contribution in [2.75, 3.05) is 25.1 Å². The molecule has 0 aromatic carbocycles. The van der Waals surface area contributed by atoms with E-state index in [4.69, 9.17) is 21.8 Å². The zero-order valence-corrected chi connectivity index (χ0v) is 11.7. The van der Waals surface area contributed by atoms with Gasteiger partial charge in [-0.1, -0.05) is 11.6 Å². The van der Waals surface area contributed by atoms with Crippen LogP contribution in [0.4, 0.5) is 5.82 Å². The van der Waals surface area contributed by atoms with Crippen molar-refractivity contribution in [3.05, 3.63) is 23.4 Å². The highest BCUT2D eigenvalue weighted by atomic mass is 35.5. The summed E-state index contributed by atoms with van der Waals surface area (Å²) in [5.41, 5.74) is 0. The highest BCUT2D eigenvalue weighted by Gasteiger charge is 2.20. The van der Waals surface area contributed by atoms with Crippen LogP contribution in [0.1, 0.15) is 6.42 Å². The summed E-state index contributed by atoms with van der Waals surface area (Å²) in [6.07, 6.45) is 1.42. The van der Waals surface area contributed by atoms with Crippen molar-refractivity contribution < 1.29 is 19.8 Å². The minimum Gasteiger partial charge on any atom is -0.480 e. The fourth-order valence-electron chi connectivity index (χ4n) is 1.52. The van der Waals surface area contributed by atoms with E-state index in [1.165, 1.54) is 6.20 Å². The molecule has 0 fully saturated rings. The van der Waals surface area contributed by atoms with Crippen LogP contribution in [0.3, 0.4) is 0 Å². The number of carboxylic acid groups (broad SMARTS) is 1. The van der Waals surface area contributed by atoms with Gasteiger partial charge in [0.2, 0.25) is 5.91 Å². The molecule has 0 unspecified atom stereocenters. The monoisotopic (exact) mass is 301 g/mol. The number of likely N-dealkylation sites (N-methyl/N-ethyl adjacent to an activating group) is 1. The number of carbonyl (C=O) groups excluding carboxylic acids is 1. The summed E-state index contributed by atoms with van der Waals surface area (Å²) in [5.74, 6) is -1.11. The number of hydrogen-bond donors (Lipinski definition) is 3. The first-order valence-electron chi connectivity index (χ1n) is 5.89. The molecule has 0 aliphatic rings. The van der Waals surface area contributed by atoms with Gasteiger partial charge in [-0.25, -0.2) is 9.78 Å². The molecule has 20 heavy (non-hydrogen) atoms. The van der Waals surface area contributed by atoms with E-state index in [-0.39, 0.29) is 19.6 Å². The van der Waals surface area contributed by atoms with Crippen molar-refractivity contribution >= 4 is 29.3 Å². The minimum atomic E-state index is -1.18. The van der Waals surface area contributed by atoms with E-state index >= 15 is 0 Å². The maximum absolute atomic E-state index is 11.7. The van der Waals surface area contributed by atoms with Crippen molar-refractivity contribution in [1.82, 2.24) is 10.3 Å². The number of nitrogens with zero attached hydrogens (tertiary/aromatic N) is 2. The summed E-state index contributed by atoms with van der Waals surface area (Å²) < 4.78 is 0. The van der Waals surface area contributed by atoms with E-state index in [9.17, 15) is 9.59 Å². The van der Waals surface area contributed by atoms with Gasteiger partial charge in [0.05, 0.1) is 11.6 Å². The number of hydrogen-bond acceptors (Lipinski definition) is 5. The minimum absolute atomic E-state index is 0.0377. The molecule has 0 spiro atoms. The summed E-state index contributed by atoms with van der Waals surface area (Å²) in [6, 6.07) is 2.20. The third-order valence-electron chi connectivity index (χ3n) is 2.53. The third kappa shape index (κ3) is 5.02. The lowest BCUT2D eigenvalue weighted by Crippen LogP contribution is -2.45. The van der Waals surface area contributed by atoms with Gasteiger partial charge in [-0.15, -0.1) is 0 Å². The highest BCUT2D eigenvalue weighted by molar-refractivity contribution is 6.30. The lowest BCUT2D eigenvalue weighted by Gasteiger charge is -2.19. The van der Waals surface area contributed by atoms with Crippen molar-refractivity contribution in [2.24, 2.45) is 0 Å². The Labute approximate surface area is 121 Å². The summed E-state index contributed by atoms with van der Waals surface area (Å²) in [6.45, 7) is -0.365. The third-order valence-corrected chi connectivity index (χ3v) is 2.76. The number of nitrogens with one attached hydrogen (secondary N) is 1. The molecule has 8 heteroatoms. The van der Waals surface area contributed by atoms with Gasteiger partial charge >= 0.3 is 5.97 Å². The number of aromatic nitrogens is 1. The van der Waals surface area contributed by atoms with Crippen LogP contribution in [0.5, 0.6) is 0 Å². The van der Waals surface area contributed by atoms with Crippen LogP contribution in [0.25, 0.3) is 0 Å². The zero-order valence-electron chi connectivity index (χ0n) is 10.9. The van der Waals surface area contributed by atoms with Gasteiger partial charge in [0.1, 0.15) is 11.9 Å². The first-order chi connectivity index (χ1) is 9.43. The molecule has 1 aromatic rings. The molecule has 1 amide bonds. The molecule has 0 aliphatic carbocycles. The Hall–Kier alpha value is -1.86. The Morgan fingerprint density at radius 2 is 2.20 bits per heavy atom. The van der Waals surface area contributed by atoms with Gasteiger partial charge in [0, 0.05) is 26.3 Å². The van der Waals surface area contributed by atoms with E-state index in [1.807, 2.05) is 0 Å². The molecule has 1 aromatic heterocycles. The maximum Gasteiger partial charge on any atom is 0.326 e. The van der Waals surface area contributed by atoms with Gasteiger partial charge in [-0.2, -0.15) is 0 Å².